The van der Waals surface area contributed by atoms with Gasteiger partial charge in [0.25, 0.3) is 5.91 Å². The number of amides is 1. The highest BCUT2D eigenvalue weighted by Gasteiger charge is 2.13. The number of aromatic nitrogens is 2. The lowest BCUT2D eigenvalue weighted by Gasteiger charge is -2.11. The number of para-hydroxylation sites is 1. The maximum atomic E-state index is 12.2. The van der Waals surface area contributed by atoms with E-state index < -0.39 is 0 Å². The van der Waals surface area contributed by atoms with Crippen molar-refractivity contribution in [3.8, 4) is 11.4 Å². The smallest absolute Gasteiger partial charge is 0.277 e. The molecule has 0 radical (unpaired) electrons. The number of halogens is 2. The van der Waals surface area contributed by atoms with Crippen LogP contribution in [0.4, 0.5) is 0 Å². The maximum absolute atomic E-state index is 12.2. The second-order valence-electron chi connectivity index (χ2n) is 6.29. The van der Waals surface area contributed by atoms with Gasteiger partial charge in [0.1, 0.15) is 5.52 Å². The predicted octanol–water partition coefficient (Wildman–Crippen LogP) is 5.08. The average molecular weight is 528 g/mol. The molecule has 2 heterocycles. The Morgan fingerprint density at radius 2 is 1.93 bits per heavy atom. The highest BCUT2D eigenvalue weighted by molar-refractivity contribution is 9.11. The van der Waals surface area contributed by atoms with Gasteiger partial charge in [-0.2, -0.15) is 5.10 Å². The molecule has 4 rings (SSSR count). The van der Waals surface area contributed by atoms with Crippen molar-refractivity contribution in [1.82, 2.24) is 15.0 Å². The summed E-state index contributed by atoms with van der Waals surface area (Å²) in [6, 6.07) is 19.4. The lowest BCUT2D eigenvalue weighted by molar-refractivity contribution is -0.123. The van der Waals surface area contributed by atoms with Crippen LogP contribution in [0, 0.1) is 0 Å². The first-order chi connectivity index (χ1) is 14.6. The van der Waals surface area contributed by atoms with Gasteiger partial charge in [-0.05, 0) is 52.3 Å². The largest absolute Gasteiger partial charge is 0.480 e. The molecule has 6 nitrogen and oxygen atoms in total. The molecule has 0 aliphatic rings. The number of benzene rings is 2. The zero-order valence-electron chi connectivity index (χ0n) is 15.6. The van der Waals surface area contributed by atoms with Crippen LogP contribution in [0.25, 0.3) is 16.6 Å². The van der Waals surface area contributed by atoms with Crippen molar-refractivity contribution in [2.24, 2.45) is 5.10 Å². The van der Waals surface area contributed by atoms with Gasteiger partial charge >= 0.3 is 0 Å². The van der Waals surface area contributed by atoms with E-state index in [0.29, 0.717) is 15.7 Å². The topological polar surface area (TPSA) is 68.5 Å². The molecule has 0 fully saturated rings. The number of hydrogen-bond donors (Lipinski definition) is 1. The van der Waals surface area contributed by atoms with Crippen LogP contribution in [0.3, 0.4) is 0 Å². The van der Waals surface area contributed by atoms with E-state index in [2.05, 4.69) is 47.4 Å². The summed E-state index contributed by atoms with van der Waals surface area (Å²) in [6.07, 6.45) is 5.21. The Hall–Kier alpha value is -2.97. The third kappa shape index (κ3) is 4.44. The summed E-state index contributed by atoms with van der Waals surface area (Å²) in [5, 5.41) is 4.95. The van der Waals surface area contributed by atoms with Crippen LogP contribution in [-0.2, 0) is 4.79 Å². The molecule has 0 aliphatic heterocycles. The van der Waals surface area contributed by atoms with Gasteiger partial charge in [-0.3, -0.25) is 9.78 Å². The molecule has 0 bridgehead atoms. The van der Waals surface area contributed by atoms with E-state index in [1.54, 1.807) is 12.4 Å². The van der Waals surface area contributed by atoms with Gasteiger partial charge in [-0.15, -0.1) is 0 Å². The first-order valence-electron chi connectivity index (χ1n) is 9.03. The van der Waals surface area contributed by atoms with E-state index in [-0.39, 0.29) is 12.5 Å². The predicted molar refractivity (Wildman–Crippen MR) is 124 cm³/mol. The molecular formula is C22H16Br2N4O2. The Morgan fingerprint density at radius 1 is 1.10 bits per heavy atom. The highest BCUT2D eigenvalue weighted by Crippen LogP contribution is 2.37. The van der Waals surface area contributed by atoms with E-state index in [1.807, 2.05) is 71.4 Å². The Bertz CT molecular complexity index is 1220. The van der Waals surface area contributed by atoms with Crippen molar-refractivity contribution in [3.05, 3.63) is 87.7 Å². The van der Waals surface area contributed by atoms with E-state index in [4.69, 9.17) is 4.74 Å². The molecular weight excluding hydrogens is 512 g/mol. The van der Waals surface area contributed by atoms with E-state index >= 15 is 0 Å². The minimum atomic E-state index is -0.372. The van der Waals surface area contributed by atoms with Crippen LogP contribution in [0.2, 0.25) is 0 Å². The van der Waals surface area contributed by atoms with Crippen molar-refractivity contribution >= 4 is 54.9 Å². The molecule has 0 spiro atoms. The summed E-state index contributed by atoms with van der Waals surface area (Å²) in [5.41, 5.74) is 5.01. The molecule has 2 aromatic carbocycles. The van der Waals surface area contributed by atoms with Gasteiger partial charge in [0, 0.05) is 27.9 Å². The van der Waals surface area contributed by atoms with Crippen LogP contribution in [0.1, 0.15) is 5.69 Å². The monoisotopic (exact) mass is 526 g/mol. The van der Waals surface area contributed by atoms with Crippen LogP contribution in [0.15, 0.2) is 87.1 Å². The minimum Gasteiger partial charge on any atom is -0.480 e. The standard InChI is InChI=1S/C22H16Br2N4O2/c23-18-12-19(24)22(21-17(18)9-4-10-25-21)30-14-20(29)27-26-13-16-8-5-11-28(16)15-6-2-1-3-7-15/h1-13H,14H2,(H,27,29)/b26-13+. The zero-order valence-corrected chi connectivity index (χ0v) is 18.8. The first kappa shape index (κ1) is 20.3. The number of hydrazone groups is 1. The fourth-order valence-corrected chi connectivity index (χ4v) is 4.33. The van der Waals surface area contributed by atoms with Crippen molar-refractivity contribution in [3.63, 3.8) is 0 Å². The number of nitrogens with zero attached hydrogens (tertiary/aromatic N) is 3. The van der Waals surface area contributed by atoms with Crippen LogP contribution in [0.5, 0.6) is 5.75 Å². The quantitative estimate of drug-likeness (QED) is 0.281. The Balaban J connectivity index is 1.42. The highest BCUT2D eigenvalue weighted by atomic mass is 79.9. The second kappa shape index (κ2) is 9.23. The second-order valence-corrected chi connectivity index (χ2v) is 8.00. The fraction of sp³-hybridized carbons (Fsp3) is 0.0455. The molecule has 150 valence electrons. The van der Waals surface area contributed by atoms with Gasteiger partial charge in [0.15, 0.2) is 12.4 Å². The average Bonchev–Trinajstić information content (AvgIpc) is 3.23. The van der Waals surface area contributed by atoms with E-state index in [1.165, 1.54) is 0 Å². The van der Waals surface area contributed by atoms with Crippen LogP contribution in [-0.4, -0.2) is 28.3 Å². The molecule has 4 aromatic rings. The number of rotatable bonds is 6. The summed E-state index contributed by atoms with van der Waals surface area (Å²) < 4.78 is 9.30. The molecule has 30 heavy (non-hydrogen) atoms. The van der Waals surface area contributed by atoms with Crippen molar-refractivity contribution in [2.45, 2.75) is 0 Å². The van der Waals surface area contributed by atoms with Crippen molar-refractivity contribution in [2.75, 3.05) is 6.61 Å². The van der Waals surface area contributed by atoms with Gasteiger partial charge in [-0.25, -0.2) is 5.43 Å². The molecule has 0 aliphatic carbocycles. The lowest BCUT2D eigenvalue weighted by Crippen LogP contribution is -2.25. The summed E-state index contributed by atoms with van der Waals surface area (Å²) in [6.45, 7) is -0.192. The number of pyridine rings is 1. The third-order valence-corrected chi connectivity index (χ3v) is 5.54. The molecule has 2 aromatic heterocycles. The van der Waals surface area contributed by atoms with Crippen molar-refractivity contribution < 1.29 is 9.53 Å². The normalized spacial score (nSPS) is 11.1. The van der Waals surface area contributed by atoms with E-state index in [9.17, 15) is 4.79 Å². The molecule has 0 unspecified atom stereocenters. The fourth-order valence-electron chi connectivity index (χ4n) is 2.95. The summed E-state index contributed by atoms with van der Waals surface area (Å²) in [7, 11) is 0. The number of fused-ring (bicyclic) bond motifs is 1. The van der Waals surface area contributed by atoms with Gasteiger partial charge in [0.2, 0.25) is 0 Å². The molecule has 0 saturated carbocycles. The summed E-state index contributed by atoms with van der Waals surface area (Å²) in [4.78, 5) is 16.6. The molecule has 1 N–H and O–H groups in total. The van der Waals surface area contributed by atoms with Gasteiger partial charge < -0.3 is 9.30 Å². The number of carbonyl (C=O) groups is 1. The summed E-state index contributed by atoms with van der Waals surface area (Å²) >= 11 is 6.98. The number of ether oxygens (including phenoxy) is 1. The Labute approximate surface area is 189 Å². The molecule has 8 heteroatoms. The Morgan fingerprint density at radius 3 is 2.77 bits per heavy atom. The SMILES string of the molecule is O=C(COc1c(Br)cc(Br)c2cccnc12)N/N=C/c1cccn1-c1ccccc1. The van der Waals surface area contributed by atoms with Gasteiger partial charge in [0.05, 0.1) is 16.4 Å². The van der Waals surface area contributed by atoms with Crippen LogP contribution < -0.4 is 10.2 Å². The molecule has 0 atom stereocenters. The first-order valence-corrected chi connectivity index (χ1v) is 10.6. The number of carbonyl (C=O) groups excluding carboxylic acids is 1. The third-order valence-electron chi connectivity index (χ3n) is 4.30. The zero-order chi connectivity index (χ0) is 20.9. The number of hydrogen-bond acceptors (Lipinski definition) is 4. The molecule has 1 amide bonds. The maximum Gasteiger partial charge on any atom is 0.277 e. The van der Waals surface area contributed by atoms with Gasteiger partial charge in [-0.1, -0.05) is 40.2 Å². The van der Waals surface area contributed by atoms with E-state index in [0.717, 1.165) is 21.2 Å². The lowest BCUT2D eigenvalue weighted by atomic mass is 10.2. The number of nitrogens with one attached hydrogen (secondary N) is 1. The Kier molecular flexibility index (Phi) is 6.25. The van der Waals surface area contributed by atoms with Crippen LogP contribution >= 0.6 is 31.9 Å². The summed E-state index contributed by atoms with van der Waals surface area (Å²) in [5.74, 6) is 0.133. The van der Waals surface area contributed by atoms with Crippen molar-refractivity contribution in [1.29, 1.82) is 0 Å². The molecule has 0 saturated heterocycles. The minimum absolute atomic E-state index is 0.192.